The van der Waals surface area contributed by atoms with Crippen molar-refractivity contribution in [2.75, 3.05) is 0 Å². The molecule has 0 saturated heterocycles. The van der Waals surface area contributed by atoms with Crippen LogP contribution in [0.1, 0.15) is 78.1 Å². The molecule has 0 aliphatic heterocycles. The predicted molar refractivity (Wildman–Crippen MR) is 87.3 cm³/mol. The maximum Gasteiger partial charge on any atom is -0.0199 e. The molecule has 2 rings (SSSR count). The molecule has 2 aliphatic carbocycles. The van der Waals surface area contributed by atoms with Crippen molar-refractivity contribution in [3.8, 4) is 0 Å². The lowest BCUT2D eigenvalue weighted by Crippen LogP contribution is -2.06. The van der Waals surface area contributed by atoms with E-state index in [9.17, 15) is 0 Å². The normalized spacial score (nSPS) is 27.2. The highest BCUT2D eigenvalue weighted by Crippen LogP contribution is 2.45. The molecule has 0 amide bonds. The minimum atomic E-state index is 0.973. The lowest BCUT2D eigenvalue weighted by atomic mass is 9.88. The van der Waals surface area contributed by atoms with E-state index in [2.05, 4.69) is 32.6 Å². The summed E-state index contributed by atoms with van der Waals surface area (Å²) in [5.74, 6) is 3.01. The highest BCUT2D eigenvalue weighted by molar-refractivity contribution is 5.09. The third-order valence-corrected chi connectivity index (χ3v) is 4.61. The Labute approximate surface area is 121 Å². The molecule has 0 heteroatoms. The second-order valence-electron chi connectivity index (χ2n) is 6.32. The van der Waals surface area contributed by atoms with Crippen LogP contribution in [0.5, 0.6) is 0 Å². The summed E-state index contributed by atoms with van der Waals surface area (Å²) >= 11 is 0. The standard InChI is InChI=1S/C13H22.C6H12/c1-2-3-4-5-6-12-9-11-7-8-13(12)10-11;1-3-5-6-4-2/h7-8,11-13H,2-6,9-10H2,1H3;3H,1,4-6H2,2H3. The van der Waals surface area contributed by atoms with Gasteiger partial charge in [0.15, 0.2) is 0 Å². The van der Waals surface area contributed by atoms with Gasteiger partial charge in [0.1, 0.15) is 0 Å². The maximum absolute atomic E-state index is 3.60. The van der Waals surface area contributed by atoms with Crippen LogP contribution in [-0.2, 0) is 0 Å². The van der Waals surface area contributed by atoms with E-state index in [0.29, 0.717) is 0 Å². The van der Waals surface area contributed by atoms with Crippen LogP contribution in [0, 0.1) is 17.8 Å². The summed E-state index contributed by atoms with van der Waals surface area (Å²) in [5.41, 5.74) is 0. The Morgan fingerprint density at radius 1 is 1.00 bits per heavy atom. The number of allylic oxidation sites excluding steroid dienone is 3. The van der Waals surface area contributed by atoms with Gasteiger partial charge in [0.25, 0.3) is 0 Å². The first-order chi connectivity index (χ1) is 9.31. The molecule has 0 aromatic heterocycles. The van der Waals surface area contributed by atoms with Crippen molar-refractivity contribution in [3.05, 3.63) is 24.8 Å². The van der Waals surface area contributed by atoms with E-state index in [4.69, 9.17) is 0 Å². The first kappa shape index (κ1) is 16.5. The molecule has 110 valence electrons. The third kappa shape index (κ3) is 6.45. The van der Waals surface area contributed by atoms with Gasteiger partial charge in [0, 0.05) is 0 Å². The molecule has 0 radical (unpaired) electrons. The fourth-order valence-electron chi connectivity index (χ4n) is 3.41. The van der Waals surface area contributed by atoms with E-state index in [-0.39, 0.29) is 0 Å². The van der Waals surface area contributed by atoms with Gasteiger partial charge in [-0.25, -0.2) is 0 Å². The van der Waals surface area contributed by atoms with Crippen LogP contribution < -0.4 is 0 Å². The molecule has 0 nitrogen and oxygen atoms in total. The Bertz CT molecular complexity index is 251. The van der Waals surface area contributed by atoms with Crippen molar-refractivity contribution >= 4 is 0 Å². The van der Waals surface area contributed by atoms with Crippen LogP contribution in [0.25, 0.3) is 0 Å². The molecule has 0 aromatic rings. The first-order valence-electron chi connectivity index (χ1n) is 8.61. The van der Waals surface area contributed by atoms with Crippen LogP contribution in [0.2, 0.25) is 0 Å². The van der Waals surface area contributed by atoms with Crippen molar-refractivity contribution in [1.82, 2.24) is 0 Å². The minimum Gasteiger partial charge on any atom is -0.103 e. The molecule has 19 heavy (non-hydrogen) atoms. The van der Waals surface area contributed by atoms with E-state index in [1.54, 1.807) is 0 Å². The van der Waals surface area contributed by atoms with Gasteiger partial charge in [-0.3, -0.25) is 0 Å². The second kappa shape index (κ2) is 10.3. The topological polar surface area (TPSA) is 0 Å². The lowest BCUT2D eigenvalue weighted by molar-refractivity contribution is 0.395. The van der Waals surface area contributed by atoms with Gasteiger partial charge in [0.05, 0.1) is 0 Å². The summed E-state index contributed by atoms with van der Waals surface area (Å²) in [6, 6.07) is 0. The molecule has 1 fully saturated rings. The Morgan fingerprint density at radius 3 is 2.26 bits per heavy atom. The minimum absolute atomic E-state index is 0.973. The van der Waals surface area contributed by atoms with Crippen LogP contribution in [0.3, 0.4) is 0 Å². The summed E-state index contributed by atoms with van der Waals surface area (Å²) in [6.07, 6.45) is 20.9. The molecular formula is C19H34. The third-order valence-electron chi connectivity index (χ3n) is 4.61. The van der Waals surface area contributed by atoms with Crippen LogP contribution in [0.4, 0.5) is 0 Å². The quantitative estimate of drug-likeness (QED) is 0.344. The highest BCUT2D eigenvalue weighted by Gasteiger charge is 2.34. The number of hydrogen-bond acceptors (Lipinski definition) is 0. The number of fused-ring (bicyclic) bond motifs is 2. The zero-order chi connectivity index (χ0) is 13.9. The van der Waals surface area contributed by atoms with E-state index in [0.717, 1.165) is 17.8 Å². The number of rotatable bonds is 8. The molecule has 0 heterocycles. The molecule has 0 aromatic carbocycles. The SMILES string of the molecule is C=CCCCC.CCCCCCC1CC2C=CC1C2. The molecule has 2 aliphatic rings. The van der Waals surface area contributed by atoms with E-state index >= 15 is 0 Å². The summed E-state index contributed by atoms with van der Waals surface area (Å²) in [7, 11) is 0. The predicted octanol–water partition coefficient (Wildman–Crippen LogP) is 6.53. The molecule has 0 spiro atoms. The largest absolute Gasteiger partial charge is 0.103 e. The van der Waals surface area contributed by atoms with Crippen LogP contribution in [-0.4, -0.2) is 0 Å². The Hall–Kier alpha value is -0.520. The monoisotopic (exact) mass is 262 g/mol. The van der Waals surface area contributed by atoms with Crippen molar-refractivity contribution in [2.24, 2.45) is 17.8 Å². The molecular weight excluding hydrogens is 228 g/mol. The Balaban J connectivity index is 0.000000258. The fourth-order valence-corrected chi connectivity index (χ4v) is 3.41. The first-order valence-corrected chi connectivity index (χ1v) is 8.61. The molecule has 3 atom stereocenters. The van der Waals surface area contributed by atoms with Gasteiger partial charge in [-0.1, -0.05) is 70.6 Å². The van der Waals surface area contributed by atoms with E-state index in [1.165, 1.54) is 64.2 Å². The average molecular weight is 262 g/mol. The molecule has 0 N–H and O–H groups in total. The summed E-state index contributed by atoms with van der Waals surface area (Å²) in [5, 5.41) is 0. The fraction of sp³-hybridized carbons (Fsp3) is 0.789. The molecule has 3 unspecified atom stereocenters. The van der Waals surface area contributed by atoms with Gasteiger partial charge >= 0.3 is 0 Å². The van der Waals surface area contributed by atoms with Crippen molar-refractivity contribution in [2.45, 2.75) is 78.1 Å². The van der Waals surface area contributed by atoms with E-state index < -0.39 is 0 Å². The van der Waals surface area contributed by atoms with Crippen molar-refractivity contribution in [1.29, 1.82) is 0 Å². The number of unbranched alkanes of at least 4 members (excludes halogenated alkanes) is 5. The smallest absolute Gasteiger partial charge is 0.0199 e. The molecule has 2 bridgehead atoms. The highest BCUT2D eigenvalue weighted by atomic mass is 14.4. The van der Waals surface area contributed by atoms with Crippen molar-refractivity contribution < 1.29 is 0 Å². The number of hydrogen-bond donors (Lipinski definition) is 0. The zero-order valence-corrected chi connectivity index (χ0v) is 13.2. The van der Waals surface area contributed by atoms with Gasteiger partial charge in [-0.15, -0.1) is 6.58 Å². The Kier molecular flexibility index (Phi) is 8.95. The average Bonchev–Trinajstić information content (AvgIpc) is 3.04. The van der Waals surface area contributed by atoms with Gasteiger partial charge in [-0.2, -0.15) is 0 Å². The summed E-state index contributed by atoms with van der Waals surface area (Å²) < 4.78 is 0. The maximum atomic E-state index is 3.60. The van der Waals surface area contributed by atoms with Crippen molar-refractivity contribution in [3.63, 3.8) is 0 Å². The van der Waals surface area contributed by atoms with Crippen LogP contribution >= 0.6 is 0 Å². The summed E-state index contributed by atoms with van der Waals surface area (Å²) in [4.78, 5) is 0. The lowest BCUT2D eigenvalue weighted by Gasteiger charge is -2.17. The van der Waals surface area contributed by atoms with Gasteiger partial charge in [-0.05, 0) is 43.4 Å². The zero-order valence-electron chi connectivity index (χ0n) is 13.2. The van der Waals surface area contributed by atoms with E-state index in [1.807, 2.05) is 6.08 Å². The van der Waals surface area contributed by atoms with Gasteiger partial charge < -0.3 is 0 Å². The summed E-state index contributed by atoms with van der Waals surface area (Å²) in [6.45, 7) is 8.07. The Morgan fingerprint density at radius 2 is 1.79 bits per heavy atom. The molecule has 1 saturated carbocycles. The van der Waals surface area contributed by atoms with Gasteiger partial charge in [0.2, 0.25) is 0 Å². The van der Waals surface area contributed by atoms with Crippen LogP contribution in [0.15, 0.2) is 24.8 Å². The second-order valence-corrected chi connectivity index (χ2v) is 6.32.